The summed E-state index contributed by atoms with van der Waals surface area (Å²) in [6, 6.07) is 21.6. The van der Waals surface area contributed by atoms with Crippen molar-refractivity contribution in [3.8, 4) is 5.75 Å². The molecule has 0 spiro atoms. The van der Waals surface area contributed by atoms with Gasteiger partial charge in [0.25, 0.3) is 5.91 Å². The monoisotopic (exact) mass is 489 g/mol. The third-order valence-electron chi connectivity index (χ3n) is 6.18. The van der Waals surface area contributed by atoms with Gasteiger partial charge in [0.2, 0.25) is 0 Å². The van der Waals surface area contributed by atoms with Crippen LogP contribution < -0.4 is 10.1 Å². The minimum Gasteiger partial charge on any atom is -0.491 e. The minimum absolute atomic E-state index is 0.124. The molecule has 4 aromatic rings. The average Bonchev–Trinajstić information content (AvgIpc) is 3.20. The summed E-state index contributed by atoms with van der Waals surface area (Å²) < 4.78 is 8.45. The van der Waals surface area contributed by atoms with E-state index in [0.29, 0.717) is 23.7 Å². The molecule has 0 aliphatic carbocycles. The summed E-state index contributed by atoms with van der Waals surface area (Å²) in [6.45, 7) is 6.13. The second-order valence-electron chi connectivity index (χ2n) is 8.78. The molecule has 1 aromatic heterocycles. The van der Waals surface area contributed by atoms with E-state index in [0.717, 1.165) is 66.0 Å². The van der Waals surface area contributed by atoms with E-state index in [9.17, 15) is 4.79 Å². The van der Waals surface area contributed by atoms with Crippen molar-refractivity contribution >= 4 is 28.5 Å². The highest BCUT2D eigenvalue weighted by atomic mass is 35.5. The fourth-order valence-electron chi connectivity index (χ4n) is 4.36. The number of imidazole rings is 1. The number of hydrogen-bond donors (Lipinski definition) is 1. The summed E-state index contributed by atoms with van der Waals surface area (Å²) in [7, 11) is 0. The van der Waals surface area contributed by atoms with Gasteiger partial charge < -0.3 is 14.6 Å². The molecule has 0 aliphatic heterocycles. The lowest BCUT2D eigenvalue weighted by Crippen LogP contribution is -2.24. The Morgan fingerprint density at radius 1 is 0.943 bits per heavy atom. The Bertz CT molecular complexity index is 1280. The lowest BCUT2D eigenvalue weighted by molar-refractivity contribution is 0.0953. The maximum absolute atomic E-state index is 12.3. The summed E-state index contributed by atoms with van der Waals surface area (Å²) in [5.41, 5.74) is 4.98. The minimum atomic E-state index is -0.124. The SMILES string of the molecule is Cc1cccc(C)c1OCCn1c(CCCCCNC(=O)c2ccccc2Cl)nc2ccccc21. The van der Waals surface area contributed by atoms with Crippen molar-refractivity contribution in [2.45, 2.75) is 46.1 Å². The number of aromatic nitrogens is 2. The number of aryl methyl sites for hydroxylation is 3. The predicted octanol–water partition coefficient (Wildman–Crippen LogP) is 6.53. The van der Waals surface area contributed by atoms with Crippen LogP contribution >= 0.6 is 11.6 Å². The van der Waals surface area contributed by atoms with E-state index in [1.165, 1.54) is 0 Å². The van der Waals surface area contributed by atoms with E-state index in [1.807, 2.05) is 18.2 Å². The summed E-state index contributed by atoms with van der Waals surface area (Å²) in [5.74, 6) is 1.93. The molecule has 0 unspecified atom stereocenters. The van der Waals surface area contributed by atoms with Crippen LogP contribution in [-0.4, -0.2) is 28.6 Å². The zero-order valence-electron chi connectivity index (χ0n) is 20.4. The summed E-state index contributed by atoms with van der Waals surface area (Å²) in [6.07, 6.45) is 3.80. The van der Waals surface area contributed by atoms with Crippen molar-refractivity contribution in [3.63, 3.8) is 0 Å². The fraction of sp³-hybridized carbons (Fsp3) is 0.310. The van der Waals surface area contributed by atoms with Gasteiger partial charge in [0.1, 0.15) is 18.2 Å². The van der Waals surface area contributed by atoms with Gasteiger partial charge in [-0.05, 0) is 62.1 Å². The van der Waals surface area contributed by atoms with Crippen molar-refractivity contribution in [1.82, 2.24) is 14.9 Å². The maximum Gasteiger partial charge on any atom is 0.252 e. The largest absolute Gasteiger partial charge is 0.491 e. The predicted molar refractivity (Wildman–Crippen MR) is 142 cm³/mol. The van der Waals surface area contributed by atoms with Gasteiger partial charge in [-0.25, -0.2) is 4.98 Å². The number of ether oxygens (including phenoxy) is 1. The maximum atomic E-state index is 12.3. The molecule has 0 atom stereocenters. The van der Waals surface area contributed by atoms with Gasteiger partial charge in [-0.2, -0.15) is 0 Å². The number of benzene rings is 3. The molecule has 4 rings (SSSR count). The number of hydrogen-bond acceptors (Lipinski definition) is 3. The molecule has 1 N–H and O–H groups in total. The lowest BCUT2D eigenvalue weighted by atomic mass is 10.1. The zero-order chi connectivity index (χ0) is 24.6. The molecule has 1 heterocycles. The molecule has 0 radical (unpaired) electrons. The second-order valence-corrected chi connectivity index (χ2v) is 9.19. The number of fused-ring (bicyclic) bond motifs is 1. The Kier molecular flexibility index (Phi) is 8.43. The first-order valence-corrected chi connectivity index (χ1v) is 12.6. The van der Waals surface area contributed by atoms with Gasteiger partial charge in [0, 0.05) is 13.0 Å². The van der Waals surface area contributed by atoms with E-state index in [1.54, 1.807) is 12.1 Å². The van der Waals surface area contributed by atoms with Crippen molar-refractivity contribution in [1.29, 1.82) is 0 Å². The number of nitrogens with zero attached hydrogens (tertiary/aromatic N) is 2. The molecule has 5 nitrogen and oxygen atoms in total. The van der Waals surface area contributed by atoms with E-state index >= 15 is 0 Å². The van der Waals surface area contributed by atoms with E-state index in [-0.39, 0.29) is 5.91 Å². The Balaban J connectivity index is 1.30. The topological polar surface area (TPSA) is 56.1 Å². The van der Waals surface area contributed by atoms with Crippen LogP contribution in [0.4, 0.5) is 0 Å². The summed E-state index contributed by atoms with van der Waals surface area (Å²) in [4.78, 5) is 17.2. The number of carbonyl (C=O) groups is 1. The zero-order valence-corrected chi connectivity index (χ0v) is 21.1. The van der Waals surface area contributed by atoms with E-state index in [2.05, 4.69) is 60.1 Å². The number of amides is 1. The lowest BCUT2D eigenvalue weighted by Gasteiger charge is -2.14. The quantitative estimate of drug-likeness (QED) is 0.244. The molecule has 1 amide bonds. The molecule has 0 saturated heterocycles. The van der Waals surface area contributed by atoms with Crippen LogP contribution in [0.25, 0.3) is 11.0 Å². The molecular formula is C29H32ClN3O2. The van der Waals surface area contributed by atoms with Gasteiger partial charge in [-0.3, -0.25) is 4.79 Å². The van der Waals surface area contributed by atoms with Crippen molar-refractivity contribution in [3.05, 3.63) is 94.3 Å². The number of halogens is 1. The van der Waals surface area contributed by atoms with Crippen LogP contribution in [-0.2, 0) is 13.0 Å². The fourth-order valence-corrected chi connectivity index (χ4v) is 4.58. The van der Waals surface area contributed by atoms with Gasteiger partial charge in [0.05, 0.1) is 28.2 Å². The average molecular weight is 490 g/mol. The third-order valence-corrected chi connectivity index (χ3v) is 6.51. The molecule has 0 bridgehead atoms. The first-order chi connectivity index (χ1) is 17.0. The van der Waals surface area contributed by atoms with Gasteiger partial charge >= 0.3 is 0 Å². The molecule has 6 heteroatoms. The second kappa shape index (κ2) is 11.9. The van der Waals surface area contributed by atoms with Crippen LogP contribution in [0.1, 0.15) is 46.6 Å². The van der Waals surface area contributed by atoms with Crippen molar-refractivity contribution in [2.24, 2.45) is 0 Å². The molecule has 3 aromatic carbocycles. The molecule has 0 aliphatic rings. The van der Waals surface area contributed by atoms with E-state index in [4.69, 9.17) is 21.3 Å². The highest BCUT2D eigenvalue weighted by molar-refractivity contribution is 6.33. The van der Waals surface area contributed by atoms with E-state index < -0.39 is 0 Å². The van der Waals surface area contributed by atoms with Gasteiger partial charge in [0.15, 0.2) is 0 Å². The number of para-hydroxylation sites is 3. The molecule has 182 valence electrons. The highest BCUT2D eigenvalue weighted by Gasteiger charge is 2.12. The first-order valence-electron chi connectivity index (χ1n) is 12.2. The molecule has 0 fully saturated rings. The number of rotatable bonds is 11. The highest BCUT2D eigenvalue weighted by Crippen LogP contribution is 2.23. The number of unbranched alkanes of at least 4 members (excludes halogenated alkanes) is 2. The molecule has 0 saturated carbocycles. The Labute approximate surface area is 212 Å². The van der Waals surface area contributed by atoms with Crippen LogP contribution in [0.15, 0.2) is 66.7 Å². The Morgan fingerprint density at radius 2 is 1.69 bits per heavy atom. The smallest absolute Gasteiger partial charge is 0.252 e. The normalized spacial score (nSPS) is 11.1. The molecular weight excluding hydrogens is 458 g/mol. The standard InChI is InChI=1S/C29H32ClN3O2/c1-21-11-10-12-22(2)28(21)35-20-19-33-26-16-8-7-15-25(26)32-27(33)17-4-3-9-18-31-29(34)23-13-5-6-14-24(23)30/h5-8,10-16H,3-4,9,17-20H2,1-2H3,(H,31,34). The summed E-state index contributed by atoms with van der Waals surface area (Å²) in [5, 5.41) is 3.44. The van der Waals surface area contributed by atoms with Crippen LogP contribution in [0, 0.1) is 13.8 Å². The summed E-state index contributed by atoms with van der Waals surface area (Å²) >= 11 is 6.11. The molecule has 35 heavy (non-hydrogen) atoms. The first kappa shape index (κ1) is 24.8. The van der Waals surface area contributed by atoms with Crippen LogP contribution in [0.5, 0.6) is 5.75 Å². The van der Waals surface area contributed by atoms with Crippen molar-refractivity contribution in [2.75, 3.05) is 13.2 Å². The Morgan fingerprint density at radius 3 is 2.49 bits per heavy atom. The van der Waals surface area contributed by atoms with Crippen molar-refractivity contribution < 1.29 is 9.53 Å². The van der Waals surface area contributed by atoms with Crippen LogP contribution in [0.3, 0.4) is 0 Å². The Hall–Kier alpha value is -3.31. The number of nitrogens with one attached hydrogen (secondary N) is 1. The van der Waals surface area contributed by atoms with Crippen LogP contribution in [0.2, 0.25) is 5.02 Å². The van der Waals surface area contributed by atoms with Gasteiger partial charge in [-0.15, -0.1) is 0 Å². The third kappa shape index (κ3) is 6.23. The number of carbonyl (C=O) groups excluding carboxylic acids is 1. The van der Waals surface area contributed by atoms with Gasteiger partial charge in [-0.1, -0.05) is 60.5 Å².